The van der Waals surface area contributed by atoms with Crippen LogP contribution in [0, 0.1) is 17.3 Å². The molecule has 0 rings (SSSR count). The van der Waals surface area contributed by atoms with E-state index in [4.69, 9.17) is 0 Å². The normalized spacial score (nSPS) is 16.5. The minimum Gasteiger partial charge on any atom is -0.298 e. The van der Waals surface area contributed by atoms with Gasteiger partial charge in [0.05, 0.1) is 0 Å². The van der Waals surface area contributed by atoms with Crippen molar-refractivity contribution >= 4 is 5.71 Å². The lowest BCUT2D eigenvalue weighted by Gasteiger charge is -2.36. The monoisotopic (exact) mass is 183 g/mol. The van der Waals surface area contributed by atoms with Crippen molar-refractivity contribution in [1.82, 2.24) is 0 Å². The third kappa shape index (κ3) is 3.50. The lowest BCUT2D eigenvalue weighted by atomic mass is 9.70. The van der Waals surface area contributed by atoms with Crippen molar-refractivity contribution in [3.8, 4) is 0 Å². The van der Waals surface area contributed by atoms with Crippen molar-refractivity contribution in [2.24, 2.45) is 22.2 Å². The summed E-state index contributed by atoms with van der Waals surface area (Å²) in [7, 11) is 1.88. The molecule has 1 nitrogen and oxygen atoms in total. The minimum atomic E-state index is 0.409. The summed E-state index contributed by atoms with van der Waals surface area (Å²) in [4.78, 5) is 4.22. The molecule has 0 aromatic rings. The number of hydrogen-bond acceptors (Lipinski definition) is 1. The van der Waals surface area contributed by atoms with E-state index in [2.05, 4.69) is 46.5 Å². The van der Waals surface area contributed by atoms with Crippen LogP contribution in [0.1, 0.15) is 48.0 Å². The highest BCUT2D eigenvalue weighted by Crippen LogP contribution is 2.36. The molecule has 0 aliphatic rings. The zero-order valence-corrected chi connectivity index (χ0v) is 10.3. The quantitative estimate of drug-likeness (QED) is 0.588. The molecule has 1 unspecified atom stereocenters. The largest absolute Gasteiger partial charge is 0.298 e. The molecule has 1 heteroatoms. The van der Waals surface area contributed by atoms with Crippen LogP contribution < -0.4 is 0 Å². The third-order valence-electron chi connectivity index (χ3n) is 3.74. The molecule has 0 saturated heterocycles. The summed E-state index contributed by atoms with van der Waals surface area (Å²) in [6, 6.07) is 0. The standard InChI is InChI=1S/C12H25N/c1-9(2)12(5,6)10(3)8-11(4)13-7/h9-10H,8H2,1-7H3. The fourth-order valence-corrected chi connectivity index (χ4v) is 1.37. The summed E-state index contributed by atoms with van der Waals surface area (Å²) < 4.78 is 0. The van der Waals surface area contributed by atoms with E-state index in [1.165, 1.54) is 5.71 Å². The molecule has 0 aromatic heterocycles. The van der Waals surface area contributed by atoms with Gasteiger partial charge in [0, 0.05) is 12.8 Å². The molecular weight excluding hydrogens is 158 g/mol. The summed E-state index contributed by atoms with van der Waals surface area (Å²) in [5, 5.41) is 0. The van der Waals surface area contributed by atoms with Gasteiger partial charge in [0.1, 0.15) is 0 Å². The molecule has 0 amide bonds. The Kier molecular flexibility index (Phi) is 4.66. The van der Waals surface area contributed by atoms with E-state index in [1.54, 1.807) is 0 Å². The fourth-order valence-electron chi connectivity index (χ4n) is 1.37. The molecule has 0 spiro atoms. The van der Waals surface area contributed by atoms with E-state index in [0.29, 0.717) is 11.3 Å². The van der Waals surface area contributed by atoms with Crippen molar-refractivity contribution in [2.45, 2.75) is 48.0 Å². The lowest BCUT2D eigenvalue weighted by Crippen LogP contribution is -2.28. The van der Waals surface area contributed by atoms with Gasteiger partial charge in [-0.15, -0.1) is 0 Å². The molecule has 78 valence electrons. The van der Waals surface area contributed by atoms with Crippen LogP contribution in [-0.2, 0) is 0 Å². The van der Waals surface area contributed by atoms with Crippen LogP contribution in [0.2, 0.25) is 0 Å². The van der Waals surface area contributed by atoms with E-state index in [1.807, 2.05) is 7.05 Å². The predicted octanol–water partition coefficient (Wildman–Crippen LogP) is 3.79. The van der Waals surface area contributed by atoms with Gasteiger partial charge in [-0.2, -0.15) is 0 Å². The Bertz CT molecular complexity index is 178. The summed E-state index contributed by atoms with van der Waals surface area (Å²) >= 11 is 0. The van der Waals surface area contributed by atoms with Crippen LogP contribution >= 0.6 is 0 Å². The van der Waals surface area contributed by atoms with Crippen molar-refractivity contribution in [1.29, 1.82) is 0 Å². The van der Waals surface area contributed by atoms with Crippen molar-refractivity contribution < 1.29 is 0 Å². The molecule has 0 N–H and O–H groups in total. The molecule has 0 heterocycles. The molecule has 0 aliphatic carbocycles. The molecular formula is C12H25N. The molecule has 0 fully saturated rings. The second kappa shape index (κ2) is 4.78. The Hall–Kier alpha value is -0.330. The molecule has 13 heavy (non-hydrogen) atoms. The molecule has 1 atom stereocenters. The summed E-state index contributed by atoms with van der Waals surface area (Å²) in [6.45, 7) is 13.8. The maximum atomic E-state index is 4.22. The number of aliphatic imine (C=N–C) groups is 1. The van der Waals surface area contributed by atoms with Gasteiger partial charge in [0.15, 0.2) is 0 Å². The lowest BCUT2D eigenvalue weighted by molar-refractivity contribution is 0.156. The Morgan fingerprint density at radius 1 is 1.23 bits per heavy atom. The zero-order chi connectivity index (χ0) is 10.6. The molecule has 0 bridgehead atoms. The highest BCUT2D eigenvalue weighted by molar-refractivity contribution is 5.81. The van der Waals surface area contributed by atoms with E-state index < -0.39 is 0 Å². The van der Waals surface area contributed by atoms with E-state index >= 15 is 0 Å². The summed E-state index contributed by atoms with van der Waals surface area (Å²) in [6.07, 6.45) is 1.13. The van der Waals surface area contributed by atoms with Crippen LogP contribution in [0.4, 0.5) is 0 Å². The van der Waals surface area contributed by atoms with E-state index in [0.717, 1.165) is 12.3 Å². The maximum absolute atomic E-state index is 4.22. The average molecular weight is 183 g/mol. The minimum absolute atomic E-state index is 0.409. The van der Waals surface area contributed by atoms with Gasteiger partial charge in [0.25, 0.3) is 0 Å². The predicted molar refractivity (Wildman–Crippen MR) is 61.4 cm³/mol. The second-order valence-corrected chi connectivity index (χ2v) is 5.04. The fraction of sp³-hybridized carbons (Fsp3) is 0.917. The summed E-state index contributed by atoms with van der Waals surface area (Å²) in [5.74, 6) is 1.43. The topological polar surface area (TPSA) is 12.4 Å². The second-order valence-electron chi connectivity index (χ2n) is 5.04. The van der Waals surface area contributed by atoms with Gasteiger partial charge in [-0.3, -0.25) is 4.99 Å². The van der Waals surface area contributed by atoms with Gasteiger partial charge in [-0.1, -0.05) is 34.6 Å². The zero-order valence-electron chi connectivity index (χ0n) is 10.3. The van der Waals surface area contributed by atoms with Gasteiger partial charge in [-0.05, 0) is 30.6 Å². The van der Waals surface area contributed by atoms with Crippen molar-refractivity contribution in [3.05, 3.63) is 0 Å². The SMILES string of the molecule is CN=C(C)CC(C)C(C)(C)C(C)C. The van der Waals surface area contributed by atoms with Gasteiger partial charge in [-0.25, -0.2) is 0 Å². The van der Waals surface area contributed by atoms with E-state index in [-0.39, 0.29) is 0 Å². The number of nitrogens with zero attached hydrogens (tertiary/aromatic N) is 1. The van der Waals surface area contributed by atoms with Gasteiger partial charge < -0.3 is 0 Å². The highest BCUT2D eigenvalue weighted by Gasteiger charge is 2.29. The smallest absolute Gasteiger partial charge is 0.0276 e. The number of hydrogen-bond donors (Lipinski definition) is 0. The molecule has 0 radical (unpaired) electrons. The first-order valence-electron chi connectivity index (χ1n) is 5.24. The van der Waals surface area contributed by atoms with Crippen LogP contribution in [0.5, 0.6) is 0 Å². The van der Waals surface area contributed by atoms with Crippen LogP contribution in [0.25, 0.3) is 0 Å². The van der Waals surface area contributed by atoms with Crippen LogP contribution in [-0.4, -0.2) is 12.8 Å². The first-order chi connectivity index (χ1) is 5.82. The van der Waals surface area contributed by atoms with Crippen molar-refractivity contribution in [2.75, 3.05) is 7.05 Å². The van der Waals surface area contributed by atoms with Gasteiger partial charge >= 0.3 is 0 Å². The van der Waals surface area contributed by atoms with Crippen LogP contribution in [0.15, 0.2) is 4.99 Å². The Balaban J connectivity index is 4.33. The Labute approximate surface area is 83.6 Å². The summed E-state index contributed by atoms with van der Waals surface area (Å²) in [5.41, 5.74) is 1.67. The molecule has 0 saturated carbocycles. The molecule has 0 aliphatic heterocycles. The van der Waals surface area contributed by atoms with E-state index in [9.17, 15) is 0 Å². The third-order valence-corrected chi connectivity index (χ3v) is 3.74. The maximum Gasteiger partial charge on any atom is 0.0276 e. The Morgan fingerprint density at radius 2 is 1.69 bits per heavy atom. The average Bonchev–Trinajstić information content (AvgIpc) is 2.03. The highest BCUT2D eigenvalue weighted by atomic mass is 14.7. The molecule has 0 aromatic carbocycles. The number of rotatable bonds is 4. The first kappa shape index (κ1) is 12.7. The van der Waals surface area contributed by atoms with Crippen molar-refractivity contribution in [3.63, 3.8) is 0 Å². The van der Waals surface area contributed by atoms with Crippen LogP contribution in [0.3, 0.4) is 0 Å². The van der Waals surface area contributed by atoms with Gasteiger partial charge in [0.2, 0.25) is 0 Å². The Morgan fingerprint density at radius 3 is 2.00 bits per heavy atom. The first-order valence-corrected chi connectivity index (χ1v) is 5.24.